The summed E-state index contributed by atoms with van der Waals surface area (Å²) in [4.78, 5) is 15.4. The maximum absolute atomic E-state index is 13.2. The third-order valence-electron chi connectivity index (χ3n) is 10.3. The second-order valence-electron chi connectivity index (χ2n) is 14.1. The number of carbonyl (C=O) groups excluding carboxylic acids is 1. The van der Waals surface area contributed by atoms with Crippen LogP contribution in [0.15, 0.2) is 48.6 Å². The number of sulfonamides is 2. The minimum atomic E-state index is -3.86. The number of hydrogen-bond donors (Lipinski definition) is 2. The van der Waals surface area contributed by atoms with E-state index < -0.39 is 48.0 Å². The summed E-state index contributed by atoms with van der Waals surface area (Å²) >= 11 is 6.41. The van der Waals surface area contributed by atoms with Gasteiger partial charge in [0.15, 0.2) is 0 Å². The van der Waals surface area contributed by atoms with E-state index in [0.29, 0.717) is 49.0 Å². The highest BCUT2D eigenvalue weighted by Gasteiger charge is 2.49. The van der Waals surface area contributed by atoms with E-state index in [0.717, 1.165) is 30.0 Å². The maximum Gasteiger partial charge on any atom is 0.264 e. The van der Waals surface area contributed by atoms with Gasteiger partial charge in [-0.1, -0.05) is 36.7 Å². The first kappa shape index (κ1) is 36.6. The first-order chi connectivity index (χ1) is 22.5. The minimum absolute atomic E-state index is 0.0658. The quantitative estimate of drug-likeness (QED) is 0.314. The fourth-order valence-corrected chi connectivity index (χ4v) is 9.27. The van der Waals surface area contributed by atoms with Gasteiger partial charge in [-0.3, -0.25) is 4.79 Å². The second kappa shape index (κ2) is 13.9. The summed E-state index contributed by atoms with van der Waals surface area (Å²) in [6.45, 7) is 6.38. The molecule has 1 spiro atoms. The van der Waals surface area contributed by atoms with Gasteiger partial charge in [-0.2, -0.15) is 0 Å². The molecule has 4 atom stereocenters. The number of hydrogen-bond acceptors (Lipinski definition) is 8. The molecule has 2 aromatic rings. The van der Waals surface area contributed by atoms with Crippen molar-refractivity contribution < 1.29 is 31.5 Å². The molecule has 10 nitrogen and oxygen atoms in total. The van der Waals surface area contributed by atoms with E-state index in [-0.39, 0.29) is 17.4 Å². The van der Waals surface area contributed by atoms with Crippen molar-refractivity contribution in [3.8, 4) is 5.75 Å². The zero-order chi connectivity index (χ0) is 35.1. The molecule has 2 aromatic carbocycles. The molecule has 1 amide bonds. The van der Waals surface area contributed by atoms with Crippen LogP contribution in [0, 0.1) is 11.8 Å². The van der Waals surface area contributed by atoms with E-state index in [9.17, 15) is 26.7 Å². The monoisotopic (exact) mass is 721 g/mol. The summed E-state index contributed by atoms with van der Waals surface area (Å²) in [6.07, 6.45) is 8.30. The number of ether oxygens (including phenoxy) is 1. The van der Waals surface area contributed by atoms with Crippen LogP contribution in [0.2, 0.25) is 5.02 Å². The molecular formula is C35H48ClN3O7S2. The van der Waals surface area contributed by atoms with Gasteiger partial charge in [0.05, 0.1) is 23.3 Å². The van der Waals surface area contributed by atoms with Gasteiger partial charge < -0.3 is 14.7 Å². The van der Waals surface area contributed by atoms with Gasteiger partial charge in [-0.15, -0.1) is 0 Å². The van der Waals surface area contributed by atoms with E-state index in [2.05, 4.69) is 15.7 Å². The highest BCUT2D eigenvalue weighted by atomic mass is 35.5. The standard InChI is InChI=1S/C35H48ClN3O7S2/c1-6-7-17-35(41,23-47(42,43)38(4)5)30-13-10-27(30)20-39-21-34(16-8-9-25-18-28(36)12-14-29(25)34)22-46-32-15-11-26(19-31(32)39)33(40)37-48(44,45)24(2)3/h7,11-12,14-15,17-19,24,27,30,41H,6,8-10,13,16,20-23H2,1-5H3,(H,37,40)/b17-7+/t27-,30+,34-,35-/m0/s1. The summed E-state index contributed by atoms with van der Waals surface area (Å²) in [6, 6.07) is 11.0. The topological polar surface area (TPSA) is 133 Å². The number of carbonyl (C=O) groups is 1. The summed E-state index contributed by atoms with van der Waals surface area (Å²) in [5, 5.41) is 11.9. The number of nitrogens with zero attached hydrogens (tertiary/aromatic N) is 2. The lowest BCUT2D eigenvalue weighted by atomic mass is 9.64. The molecule has 1 saturated carbocycles. The Labute approximate surface area is 290 Å². The smallest absolute Gasteiger partial charge is 0.264 e. The molecule has 5 rings (SSSR count). The minimum Gasteiger partial charge on any atom is -0.490 e. The molecule has 0 bridgehead atoms. The Hall–Kier alpha value is -2.64. The fraction of sp³-hybridized carbons (Fsp3) is 0.571. The largest absolute Gasteiger partial charge is 0.490 e. The molecule has 0 unspecified atom stereocenters. The van der Waals surface area contributed by atoms with Crippen molar-refractivity contribution in [3.63, 3.8) is 0 Å². The average Bonchev–Trinajstić information content (AvgIpc) is 3.14. The van der Waals surface area contributed by atoms with Crippen LogP contribution in [0.3, 0.4) is 0 Å². The number of benzene rings is 2. The van der Waals surface area contributed by atoms with Crippen LogP contribution in [0.4, 0.5) is 5.69 Å². The molecular weight excluding hydrogens is 674 g/mol. The van der Waals surface area contributed by atoms with Gasteiger partial charge in [-0.05, 0) is 106 Å². The van der Waals surface area contributed by atoms with E-state index in [1.807, 2.05) is 25.1 Å². The lowest BCUT2D eigenvalue weighted by molar-refractivity contribution is -0.0293. The molecule has 1 heterocycles. The molecule has 1 fully saturated rings. The van der Waals surface area contributed by atoms with Crippen LogP contribution >= 0.6 is 11.6 Å². The molecule has 13 heteroatoms. The number of aryl methyl sites for hydroxylation is 1. The molecule has 0 aromatic heterocycles. The lowest BCUT2D eigenvalue weighted by Gasteiger charge is -2.49. The number of anilines is 1. The number of nitrogens with one attached hydrogen (secondary N) is 1. The van der Waals surface area contributed by atoms with Crippen LogP contribution in [-0.2, 0) is 31.9 Å². The zero-order valence-corrected chi connectivity index (χ0v) is 30.8. The Morgan fingerprint density at radius 3 is 2.58 bits per heavy atom. The van der Waals surface area contributed by atoms with Crippen molar-refractivity contribution in [1.29, 1.82) is 0 Å². The molecule has 0 radical (unpaired) electrons. The van der Waals surface area contributed by atoms with Gasteiger partial charge in [-0.25, -0.2) is 25.9 Å². The molecule has 0 saturated heterocycles. The van der Waals surface area contributed by atoms with Gasteiger partial charge >= 0.3 is 0 Å². The van der Waals surface area contributed by atoms with Crippen molar-refractivity contribution >= 4 is 43.2 Å². The summed E-state index contributed by atoms with van der Waals surface area (Å²) < 4.78 is 61.1. The molecule has 1 aliphatic heterocycles. The third kappa shape index (κ3) is 7.43. The first-order valence-electron chi connectivity index (χ1n) is 16.7. The average molecular weight is 722 g/mol. The lowest BCUT2D eigenvalue weighted by Crippen LogP contribution is -2.55. The molecule has 264 valence electrons. The van der Waals surface area contributed by atoms with Gasteiger partial charge in [0.1, 0.15) is 11.4 Å². The number of amides is 1. The number of halogens is 1. The highest BCUT2D eigenvalue weighted by Crippen LogP contribution is 2.48. The van der Waals surface area contributed by atoms with Crippen LogP contribution < -0.4 is 14.4 Å². The fourth-order valence-electron chi connectivity index (χ4n) is 7.31. The molecule has 48 heavy (non-hydrogen) atoms. The Balaban J connectivity index is 1.55. The highest BCUT2D eigenvalue weighted by molar-refractivity contribution is 7.90. The summed E-state index contributed by atoms with van der Waals surface area (Å²) in [5.41, 5.74) is 1.22. The van der Waals surface area contributed by atoms with Gasteiger partial charge in [0.2, 0.25) is 20.0 Å². The first-order valence-corrected chi connectivity index (χ1v) is 20.2. The van der Waals surface area contributed by atoms with Gasteiger partial charge in [0, 0.05) is 43.2 Å². The molecule has 2 aliphatic carbocycles. The Morgan fingerprint density at radius 1 is 1.19 bits per heavy atom. The van der Waals surface area contributed by atoms with E-state index in [1.54, 1.807) is 24.3 Å². The van der Waals surface area contributed by atoms with E-state index in [4.69, 9.17) is 16.3 Å². The number of aliphatic hydroxyl groups is 1. The van der Waals surface area contributed by atoms with Crippen LogP contribution in [0.5, 0.6) is 5.75 Å². The second-order valence-corrected chi connectivity index (χ2v) is 19.0. The van der Waals surface area contributed by atoms with Crippen molar-refractivity contribution in [2.45, 2.75) is 75.6 Å². The van der Waals surface area contributed by atoms with Crippen molar-refractivity contribution in [2.75, 3.05) is 44.4 Å². The van der Waals surface area contributed by atoms with E-state index in [1.165, 1.54) is 39.1 Å². The number of rotatable bonds is 11. The third-order valence-corrected chi connectivity index (χ3v) is 14.2. The van der Waals surface area contributed by atoms with Crippen molar-refractivity contribution in [1.82, 2.24) is 9.03 Å². The van der Waals surface area contributed by atoms with Gasteiger partial charge in [0.25, 0.3) is 5.91 Å². The normalized spacial score (nSPS) is 24.1. The van der Waals surface area contributed by atoms with Crippen molar-refractivity contribution in [3.05, 3.63) is 70.3 Å². The SMILES string of the molecule is CC/C=C/[C@](O)(CS(=O)(=O)N(C)C)[C@@H]1CC[C@H]1CN1C[C@@]2(CCCc3cc(Cl)ccc32)COc2ccc(C(=O)NS(=O)(=O)C(C)C)cc21. The van der Waals surface area contributed by atoms with Crippen LogP contribution in [0.1, 0.15) is 74.4 Å². The van der Waals surface area contributed by atoms with E-state index >= 15 is 0 Å². The number of fused-ring (bicyclic) bond motifs is 3. The Kier molecular flexibility index (Phi) is 10.6. The predicted molar refractivity (Wildman–Crippen MR) is 190 cm³/mol. The summed E-state index contributed by atoms with van der Waals surface area (Å²) in [5.74, 6) is -0.958. The van der Waals surface area contributed by atoms with Crippen LogP contribution in [-0.4, -0.2) is 82.6 Å². The number of allylic oxidation sites excluding steroid dienone is 1. The molecule has 3 aliphatic rings. The predicted octanol–water partition coefficient (Wildman–Crippen LogP) is 4.90. The summed E-state index contributed by atoms with van der Waals surface area (Å²) in [7, 11) is -4.63. The maximum atomic E-state index is 13.2. The van der Waals surface area contributed by atoms with Crippen molar-refractivity contribution in [2.24, 2.45) is 11.8 Å². The Morgan fingerprint density at radius 2 is 1.94 bits per heavy atom. The Bertz CT molecular complexity index is 1780. The zero-order valence-electron chi connectivity index (χ0n) is 28.4. The molecule has 2 N–H and O–H groups in total. The van der Waals surface area contributed by atoms with Crippen LogP contribution in [0.25, 0.3) is 0 Å².